The van der Waals surface area contributed by atoms with Gasteiger partial charge in [-0.15, -0.1) is 0 Å². The molecule has 3 aliphatic carbocycles. The number of para-hydroxylation sites is 3. The number of nitrogens with zero attached hydrogens (tertiary/aromatic N) is 2. The van der Waals surface area contributed by atoms with Gasteiger partial charge in [0.15, 0.2) is 0 Å². The Morgan fingerprint density at radius 1 is 0.207 bits per heavy atom. The Bertz CT molecular complexity index is 5140. The van der Waals surface area contributed by atoms with E-state index in [0.717, 1.165) is 34.1 Å². The van der Waals surface area contributed by atoms with E-state index >= 15 is 0 Å². The molecule has 2 heteroatoms. The van der Waals surface area contributed by atoms with E-state index in [9.17, 15) is 0 Å². The van der Waals surface area contributed by atoms with Crippen molar-refractivity contribution in [1.29, 1.82) is 0 Å². The van der Waals surface area contributed by atoms with Crippen molar-refractivity contribution in [3.63, 3.8) is 0 Å². The first kappa shape index (κ1) is 51.2. The molecule has 14 aromatic carbocycles. The van der Waals surface area contributed by atoms with Gasteiger partial charge in [0.05, 0.1) is 0 Å². The zero-order valence-electron chi connectivity index (χ0n) is 50.0. The largest absolute Gasteiger partial charge is 0.310 e. The molecule has 0 heterocycles. The molecule has 414 valence electrons. The van der Waals surface area contributed by atoms with Crippen molar-refractivity contribution >= 4 is 77.2 Å². The zero-order chi connectivity index (χ0) is 58.5. The van der Waals surface area contributed by atoms with Gasteiger partial charge in [0.25, 0.3) is 0 Å². The molecular formula is C85H64N2. The van der Waals surface area contributed by atoms with E-state index in [1.165, 1.54) is 132 Å². The van der Waals surface area contributed by atoms with Crippen molar-refractivity contribution < 1.29 is 0 Å². The number of rotatable bonds is 8. The van der Waals surface area contributed by atoms with Crippen LogP contribution in [0.1, 0.15) is 74.9 Å². The van der Waals surface area contributed by atoms with Crippen molar-refractivity contribution in [3.8, 4) is 55.6 Å². The minimum Gasteiger partial charge on any atom is -0.310 e. The van der Waals surface area contributed by atoms with E-state index in [1.807, 2.05) is 0 Å². The third-order valence-electron chi connectivity index (χ3n) is 20.1. The summed E-state index contributed by atoms with van der Waals surface area (Å²) in [4.78, 5) is 4.89. The number of hydrogen-bond donors (Lipinski definition) is 0. The van der Waals surface area contributed by atoms with Gasteiger partial charge < -0.3 is 9.80 Å². The maximum atomic E-state index is 2.54. The fourth-order valence-electron chi connectivity index (χ4n) is 15.7. The van der Waals surface area contributed by atoms with Crippen LogP contribution in [0.5, 0.6) is 0 Å². The molecule has 0 aliphatic heterocycles. The Morgan fingerprint density at radius 2 is 0.540 bits per heavy atom. The van der Waals surface area contributed by atoms with E-state index in [-0.39, 0.29) is 16.2 Å². The second kappa shape index (κ2) is 18.9. The molecule has 3 aliphatic rings. The summed E-state index contributed by atoms with van der Waals surface area (Å²) in [5.74, 6) is 0. The van der Waals surface area contributed by atoms with Gasteiger partial charge in [-0.25, -0.2) is 0 Å². The van der Waals surface area contributed by atoms with Crippen LogP contribution in [0.3, 0.4) is 0 Å². The highest BCUT2D eigenvalue weighted by atomic mass is 15.1. The van der Waals surface area contributed by atoms with Crippen molar-refractivity contribution in [2.75, 3.05) is 9.80 Å². The SMILES string of the molecule is CC1(C)c2ccccc2-c2cc(N(c3ccccc3)c3ccc4c(-c5ccc6c(c5)C(C)(C)c5cc7ccccc7cc5-6)c5cc(N(c6ccccc6)c6ccccc6)ccc5c(-c5ccc6c(c5)C(C)(C)c5cc7ccccc7cc5-6)c4c3)ccc21. The first-order valence-electron chi connectivity index (χ1n) is 30.8. The van der Waals surface area contributed by atoms with Gasteiger partial charge in [0.1, 0.15) is 0 Å². The van der Waals surface area contributed by atoms with Crippen LogP contribution in [0.4, 0.5) is 34.1 Å². The molecule has 0 saturated carbocycles. The highest BCUT2D eigenvalue weighted by molar-refractivity contribution is 6.23. The third-order valence-corrected chi connectivity index (χ3v) is 20.1. The quantitative estimate of drug-likeness (QED) is 0.140. The van der Waals surface area contributed by atoms with Crippen molar-refractivity contribution in [3.05, 3.63) is 312 Å². The number of fused-ring (bicyclic) bond motifs is 13. The van der Waals surface area contributed by atoms with Crippen LogP contribution in [0.2, 0.25) is 0 Å². The first-order chi connectivity index (χ1) is 42.4. The van der Waals surface area contributed by atoms with Crippen molar-refractivity contribution in [1.82, 2.24) is 0 Å². The average Bonchev–Trinajstić information content (AvgIpc) is 1.77. The Labute approximate surface area is 509 Å². The maximum Gasteiger partial charge on any atom is 0.0468 e. The lowest BCUT2D eigenvalue weighted by atomic mass is 9.79. The molecule has 0 atom stereocenters. The molecule has 0 spiro atoms. The van der Waals surface area contributed by atoms with Gasteiger partial charge in [-0.3, -0.25) is 0 Å². The molecule has 17 rings (SSSR count). The second-order valence-corrected chi connectivity index (χ2v) is 26.0. The van der Waals surface area contributed by atoms with Crippen molar-refractivity contribution in [2.45, 2.75) is 57.8 Å². The predicted octanol–water partition coefficient (Wildman–Crippen LogP) is 23.5. The summed E-state index contributed by atoms with van der Waals surface area (Å²) in [5, 5.41) is 9.91. The first-order valence-corrected chi connectivity index (χ1v) is 30.8. The topological polar surface area (TPSA) is 6.48 Å². The fourth-order valence-corrected chi connectivity index (χ4v) is 15.7. The van der Waals surface area contributed by atoms with Gasteiger partial charge in [-0.2, -0.15) is 0 Å². The Hall–Kier alpha value is -10.3. The Kier molecular flexibility index (Phi) is 11.1. The third kappa shape index (κ3) is 7.66. The lowest BCUT2D eigenvalue weighted by Gasteiger charge is -2.29. The molecule has 0 fully saturated rings. The fraction of sp³-hybridized carbons (Fsp3) is 0.106. The normalized spacial score (nSPS) is 14.4. The minimum absolute atomic E-state index is 0.112. The highest BCUT2D eigenvalue weighted by Crippen LogP contribution is 2.57. The van der Waals surface area contributed by atoms with Crippen LogP contribution in [-0.4, -0.2) is 0 Å². The Balaban J connectivity index is 0.966. The Morgan fingerprint density at radius 3 is 1.01 bits per heavy atom. The van der Waals surface area contributed by atoms with E-state index in [1.54, 1.807) is 0 Å². The molecular weight excluding hydrogens is 1050 g/mol. The molecule has 0 aromatic heterocycles. The monoisotopic (exact) mass is 1110 g/mol. The number of hydrogen-bond acceptors (Lipinski definition) is 2. The summed E-state index contributed by atoms with van der Waals surface area (Å²) in [6, 6.07) is 106. The molecule has 0 unspecified atom stereocenters. The van der Waals surface area contributed by atoms with Crippen LogP contribution < -0.4 is 9.80 Å². The minimum atomic E-state index is -0.244. The van der Waals surface area contributed by atoms with Crippen LogP contribution in [0, 0.1) is 0 Å². The molecule has 14 aromatic rings. The lowest BCUT2D eigenvalue weighted by Crippen LogP contribution is -2.15. The number of anilines is 6. The van der Waals surface area contributed by atoms with Crippen molar-refractivity contribution in [2.24, 2.45) is 0 Å². The highest BCUT2D eigenvalue weighted by Gasteiger charge is 2.39. The molecule has 2 nitrogen and oxygen atoms in total. The smallest absolute Gasteiger partial charge is 0.0468 e. The van der Waals surface area contributed by atoms with Gasteiger partial charge in [0, 0.05) is 50.4 Å². The van der Waals surface area contributed by atoms with Crippen LogP contribution >= 0.6 is 0 Å². The second-order valence-electron chi connectivity index (χ2n) is 26.0. The predicted molar refractivity (Wildman–Crippen MR) is 369 cm³/mol. The van der Waals surface area contributed by atoms with Gasteiger partial charge in [0.2, 0.25) is 0 Å². The van der Waals surface area contributed by atoms with E-state index in [2.05, 4.69) is 330 Å². The molecule has 0 saturated heterocycles. The molecule has 0 radical (unpaired) electrons. The van der Waals surface area contributed by atoms with E-state index in [4.69, 9.17) is 0 Å². The maximum absolute atomic E-state index is 2.54. The van der Waals surface area contributed by atoms with Crippen LogP contribution in [-0.2, 0) is 16.2 Å². The summed E-state index contributed by atoms with van der Waals surface area (Å²) < 4.78 is 0. The zero-order valence-corrected chi connectivity index (χ0v) is 50.0. The van der Waals surface area contributed by atoms with Gasteiger partial charge >= 0.3 is 0 Å². The summed E-state index contributed by atoms with van der Waals surface area (Å²) in [6.45, 7) is 14.4. The summed E-state index contributed by atoms with van der Waals surface area (Å²) in [7, 11) is 0. The summed E-state index contributed by atoms with van der Waals surface area (Å²) >= 11 is 0. The molecule has 0 bridgehead atoms. The van der Waals surface area contributed by atoms with Crippen LogP contribution in [0.25, 0.3) is 98.7 Å². The summed E-state index contributed by atoms with van der Waals surface area (Å²) in [5.41, 5.74) is 27.0. The molecule has 0 N–H and O–H groups in total. The van der Waals surface area contributed by atoms with Gasteiger partial charge in [-0.1, -0.05) is 211 Å². The lowest BCUT2D eigenvalue weighted by molar-refractivity contribution is 0.660. The van der Waals surface area contributed by atoms with Crippen LogP contribution in [0.15, 0.2) is 279 Å². The van der Waals surface area contributed by atoms with Gasteiger partial charge in [-0.05, 0) is 241 Å². The van der Waals surface area contributed by atoms with E-state index in [0.29, 0.717) is 0 Å². The standard InChI is InChI=1S/C85H64N2/c1-83(2)75-33-21-20-32-65(75)72-50-64(38-43-76(72)83)87(61-30-14-9-15-31-61)63-37-42-69-74(52-63)82(58-35-40-67-71-45-54-23-17-19-25-56(54)47-80(71)85(5,6)78(67)49-58)68-41-36-62(86(59-26-10-7-11-27-59)60-28-12-8-13-29-60)51-73(68)81(69)57-34-39-66-70-44-53-22-16-18-24-55(53)46-79(70)84(3,4)77(66)48-57/h7-52H,1-6H3. The average molecular weight is 1110 g/mol. The number of benzene rings is 14. The summed E-state index contributed by atoms with van der Waals surface area (Å²) in [6.07, 6.45) is 0. The molecule has 87 heavy (non-hydrogen) atoms. The molecule has 0 amide bonds. The van der Waals surface area contributed by atoms with E-state index < -0.39 is 0 Å².